The molecule has 8 heteroatoms. The van der Waals surface area contributed by atoms with Crippen LogP contribution in [0.25, 0.3) is 0 Å². The number of halogens is 2. The minimum Gasteiger partial charge on any atom is -0.337 e. The van der Waals surface area contributed by atoms with Crippen molar-refractivity contribution in [2.75, 3.05) is 31.5 Å². The van der Waals surface area contributed by atoms with Crippen LogP contribution in [-0.4, -0.2) is 46.5 Å². The van der Waals surface area contributed by atoms with Crippen LogP contribution >= 0.6 is 28.3 Å². The van der Waals surface area contributed by atoms with E-state index < -0.39 is 0 Å². The molecule has 1 aromatic carbocycles. The van der Waals surface area contributed by atoms with E-state index >= 15 is 0 Å². The Morgan fingerprint density at radius 2 is 2.17 bits per heavy atom. The molecule has 1 aliphatic rings. The fourth-order valence-electron chi connectivity index (χ4n) is 2.81. The minimum absolute atomic E-state index is 0. The van der Waals surface area contributed by atoms with Gasteiger partial charge >= 0.3 is 0 Å². The summed E-state index contributed by atoms with van der Waals surface area (Å²) in [5, 5.41) is 6.33. The molecule has 0 spiro atoms. The van der Waals surface area contributed by atoms with Gasteiger partial charge in [-0.2, -0.15) is 0 Å². The summed E-state index contributed by atoms with van der Waals surface area (Å²) in [6, 6.07) is 7.71. The molecule has 1 aliphatic heterocycles. The molecule has 0 aliphatic carbocycles. The number of hydrogen-bond acceptors (Lipinski definition) is 4. The molecule has 1 amide bonds. The van der Waals surface area contributed by atoms with E-state index in [-0.39, 0.29) is 24.4 Å². The lowest BCUT2D eigenvalue weighted by atomic mass is 10.1. The van der Waals surface area contributed by atoms with Gasteiger partial charge in [0.25, 0.3) is 0 Å². The Balaban J connectivity index is 0.00000208. The average molecular weight is 415 g/mol. The van der Waals surface area contributed by atoms with Crippen molar-refractivity contribution in [3.8, 4) is 0 Å². The van der Waals surface area contributed by atoms with E-state index in [1.54, 1.807) is 6.20 Å². The van der Waals surface area contributed by atoms with Gasteiger partial charge < -0.3 is 15.2 Å². The molecule has 0 saturated carbocycles. The van der Waals surface area contributed by atoms with E-state index in [4.69, 9.17) is 0 Å². The lowest BCUT2D eigenvalue weighted by molar-refractivity contribution is -0.118. The molecule has 0 bridgehead atoms. The number of nitrogens with zero attached hydrogens (tertiary/aromatic N) is 3. The summed E-state index contributed by atoms with van der Waals surface area (Å²) in [7, 11) is 1.98. The van der Waals surface area contributed by atoms with E-state index in [0.717, 1.165) is 35.6 Å². The lowest BCUT2D eigenvalue weighted by Crippen LogP contribution is -2.49. The van der Waals surface area contributed by atoms with Crippen LogP contribution in [0.2, 0.25) is 0 Å². The van der Waals surface area contributed by atoms with Crippen molar-refractivity contribution >= 4 is 39.9 Å². The van der Waals surface area contributed by atoms with Gasteiger partial charge in [-0.3, -0.25) is 9.69 Å². The number of piperazine rings is 1. The van der Waals surface area contributed by atoms with Crippen LogP contribution < -0.4 is 10.6 Å². The zero-order chi connectivity index (χ0) is 16.2. The van der Waals surface area contributed by atoms with Gasteiger partial charge in [-0.25, -0.2) is 4.98 Å². The average Bonchev–Trinajstić information content (AvgIpc) is 2.96. The number of aromatic nitrogens is 2. The number of aryl methyl sites for hydroxylation is 1. The third-order valence-electron chi connectivity index (χ3n) is 3.99. The highest BCUT2D eigenvalue weighted by Crippen LogP contribution is 2.20. The number of carbonyl (C=O) groups excluding carboxylic acids is 1. The van der Waals surface area contributed by atoms with Crippen molar-refractivity contribution in [1.82, 2.24) is 19.8 Å². The highest BCUT2D eigenvalue weighted by atomic mass is 79.9. The number of imidazole rings is 1. The van der Waals surface area contributed by atoms with Gasteiger partial charge in [0.15, 0.2) is 0 Å². The number of rotatable bonds is 4. The zero-order valence-corrected chi connectivity index (χ0v) is 15.8. The molecular weight excluding hydrogens is 394 g/mol. The summed E-state index contributed by atoms with van der Waals surface area (Å²) in [6.07, 6.45) is 3.73. The Morgan fingerprint density at radius 1 is 1.42 bits per heavy atom. The summed E-state index contributed by atoms with van der Waals surface area (Å²) in [4.78, 5) is 19.0. The van der Waals surface area contributed by atoms with Gasteiger partial charge in [-0.05, 0) is 24.3 Å². The number of amides is 1. The Kier molecular flexibility index (Phi) is 6.79. The topological polar surface area (TPSA) is 62.2 Å². The zero-order valence-electron chi connectivity index (χ0n) is 13.4. The first-order chi connectivity index (χ1) is 11.1. The van der Waals surface area contributed by atoms with Gasteiger partial charge in [0, 0.05) is 49.2 Å². The van der Waals surface area contributed by atoms with Crippen molar-refractivity contribution in [2.45, 2.75) is 6.04 Å². The van der Waals surface area contributed by atoms with Crippen molar-refractivity contribution in [1.29, 1.82) is 0 Å². The molecule has 3 rings (SSSR count). The van der Waals surface area contributed by atoms with E-state index in [0.29, 0.717) is 6.54 Å². The molecule has 6 nitrogen and oxygen atoms in total. The molecule has 1 aromatic heterocycles. The van der Waals surface area contributed by atoms with Crippen LogP contribution in [0.4, 0.5) is 5.69 Å². The van der Waals surface area contributed by atoms with Crippen LogP contribution in [0.5, 0.6) is 0 Å². The summed E-state index contributed by atoms with van der Waals surface area (Å²) in [5.41, 5.74) is 0.807. The van der Waals surface area contributed by atoms with E-state index in [9.17, 15) is 4.79 Å². The molecule has 2 heterocycles. The van der Waals surface area contributed by atoms with Gasteiger partial charge in [0.2, 0.25) is 5.91 Å². The smallest absolute Gasteiger partial charge is 0.238 e. The summed E-state index contributed by atoms with van der Waals surface area (Å²) < 4.78 is 3.00. The summed E-state index contributed by atoms with van der Waals surface area (Å²) in [6.45, 7) is 2.86. The molecule has 1 atom stereocenters. The van der Waals surface area contributed by atoms with Crippen LogP contribution in [0.15, 0.2) is 41.1 Å². The summed E-state index contributed by atoms with van der Waals surface area (Å²) in [5.74, 6) is 0.974. The molecule has 2 N–H and O–H groups in total. The Hall–Kier alpha value is -1.41. The third-order valence-corrected chi connectivity index (χ3v) is 4.51. The highest BCUT2D eigenvalue weighted by molar-refractivity contribution is 9.10. The predicted molar refractivity (Wildman–Crippen MR) is 100 cm³/mol. The maximum absolute atomic E-state index is 12.4. The second-order valence-corrected chi connectivity index (χ2v) is 6.56. The van der Waals surface area contributed by atoms with Crippen molar-refractivity contribution in [3.05, 3.63) is 47.0 Å². The fraction of sp³-hybridized carbons (Fsp3) is 0.375. The fourth-order valence-corrected chi connectivity index (χ4v) is 3.07. The number of carbonyl (C=O) groups is 1. The van der Waals surface area contributed by atoms with Crippen molar-refractivity contribution in [2.24, 2.45) is 7.05 Å². The third kappa shape index (κ3) is 4.57. The first kappa shape index (κ1) is 18.9. The van der Waals surface area contributed by atoms with Crippen LogP contribution in [-0.2, 0) is 11.8 Å². The number of hydrogen-bond donors (Lipinski definition) is 2. The quantitative estimate of drug-likeness (QED) is 0.805. The molecule has 1 saturated heterocycles. The van der Waals surface area contributed by atoms with Gasteiger partial charge in [-0.15, -0.1) is 12.4 Å². The normalized spacial score (nSPS) is 18.0. The van der Waals surface area contributed by atoms with Crippen LogP contribution in [0.1, 0.15) is 11.9 Å². The maximum Gasteiger partial charge on any atom is 0.238 e. The second-order valence-electron chi connectivity index (χ2n) is 5.64. The predicted octanol–water partition coefficient (Wildman–Crippen LogP) is 2.19. The maximum atomic E-state index is 12.4. The Bertz CT molecular complexity index is 675. The van der Waals surface area contributed by atoms with Crippen LogP contribution in [0, 0.1) is 0 Å². The number of nitrogens with one attached hydrogen (secondary N) is 2. The van der Waals surface area contributed by atoms with Crippen molar-refractivity contribution < 1.29 is 4.79 Å². The van der Waals surface area contributed by atoms with E-state index in [1.807, 2.05) is 42.1 Å². The van der Waals surface area contributed by atoms with Gasteiger partial charge in [0.05, 0.1) is 12.6 Å². The van der Waals surface area contributed by atoms with E-state index in [1.165, 1.54) is 0 Å². The molecule has 130 valence electrons. The second kappa shape index (κ2) is 8.62. The summed E-state index contributed by atoms with van der Waals surface area (Å²) >= 11 is 3.39. The van der Waals surface area contributed by atoms with Gasteiger partial charge in [-0.1, -0.05) is 15.9 Å². The first-order valence-corrected chi connectivity index (χ1v) is 8.40. The standard InChI is InChI=1S/C16H20BrN5O.ClH/c1-21-8-7-19-16(21)14-10-18-6-9-22(14)11-15(23)20-13-4-2-12(17)3-5-13;/h2-5,7-8,14,18H,6,9-11H2,1H3,(H,20,23);1H. The van der Waals surface area contributed by atoms with Gasteiger partial charge in [0.1, 0.15) is 5.82 Å². The molecular formula is C16H21BrClN5O. The Labute approximate surface area is 156 Å². The molecule has 2 aromatic rings. The lowest BCUT2D eigenvalue weighted by Gasteiger charge is -2.35. The Morgan fingerprint density at radius 3 is 2.83 bits per heavy atom. The molecule has 0 radical (unpaired) electrons. The monoisotopic (exact) mass is 413 g/mol. The van der Waals surface area contributed by atoms with Crippen LogP contribution in [0.3, 0.4) is 0 Å². The minimum atomic E-state index is -0.00608. The largest absolute Gasteiger partial charge is 0.337 e. The van der Waals surface area contributed by atoms with Crippen molar-refractivity contribution in [3.63, 3.8) is 0 Å². The number of benzene rings is 1. The SMILES string of the molecule is Cl.Cn1ccnc1C1CNCCN1CC(=O)Nc1ccc(Br)cc1. The first-order valence-electron chi connectivity index (χ1n) is 7.61. The number of anilines is 1. The molecule has 24 heavy (non-hydrogen) atoms. The van der Waals surface area contributed by atoms with E-state index in [2.05, 4.69) is 36.4 Å². The highest BCUT2D eigenvalue weighted by Gasteiger charge is 2.28. The molecule has 1 fully saturated rings. The molecule has 1 unspecified atom stereocenters.